The zero-order chi connectivity index (χ0) is 14.5. The predicted molar refractivity (Wildman–Crippen MR) is 78.2 cm³/mol. The first-order valence-electron chi connectivity index (χ1n) is 7.18. The minimum Gasteiger partial charge on any atom is -0.340 e. The first-order valence-corrected chi connectivity index (χ1v) is 7.18. The Balaban J connectivity index is 2.14. The van der Waals surface area contributed by atoms with Crippen molar-refractivity contribution < 1.29 is 0 Å². The van der Waals surface area contributed by atoms with Gasteiger partial charge in [-0.05, 0) is 12.5 Å². The van der Waals surface area contributed by atoms with E-state index < -0.39 is 0 Å². The van der Waals surface area contributed by atoms with Gasteiger partial charge in [0.15, 0.2) is 0 Å². The first-order chi connectivity index (χ1) is 9.60. The van der Waals surface area contributed by atoms with E-state index in [9.17, 15) is 0 Å². The third-order valence-corrected chi connectivity index (χ3v) is 3.15. The largest absolute Gasteiger partial charge is 0.340 e. The Labute approximate surface area is 120 Å². The number of nitrogens with zero attached hydrogens (tertiary/aromatic N) is 5. The van der Waals surface area contributed by atoms with Crippen LogP contribution in [0.3, 0.4) is 0 Å². The molecule has 0 saturated carbocycles. The number of likely N-dealkylation sites (N-methyl/N-ethyl adjacent to an activating group) is 1. The Morgan fingerprint density at radius 2 is 2.10 bits per heavy atom. The quantitative estimate of drug-likeness (QED) is 0.833. The monoisotopic (exact) mass is 276 g/mol. The van der Waals surface area contributed by atoms with Crippen molar-refractivity contribution in [3.63, 3.8) is 0 Å². The van der Waals surface area contributed by atoms with Gasteiger partial charge in [-0.2, -0.15) is 5.10 Å². The maximum Gasteiger partial charge on any atom is 0.138 e. The molecule has 2 rings (SSSR count). The van der Waals surface area contributed by atoms with E-state index >= 15 is 0 Å². The number of aryl methyl sites for hydroxylation is 1. The van der Waals surface area contributed by atoms with Crippen molar-refractivity contribution in [3.05, 3.63) is 30.4 Å². The van der Waals surface area contributed by atoms with Gasteiger partial charge in [0.05, 0.1) is 18.1 Å². The molecule has 0 spiro atoms. The van der Waals surface area contributed by atoms with E-state index in [0.29, 0.717) is 5.92 Å². The van der Waals surface area contributed by atoms with Crippen molar-refractivity contribution >= 4 is 0 Å². The molecule has 1 unspecified atom stereocenters. The van der Waals surface area contributed by atoms with Gasteiger partial charge in [0, 0.05) is 26.2 Å². The molecule has 0 fully saturated rings. The minimum absolute atomic E-state index is 0.177. The van der Waals surface area contributed by atoms with Crippen molar-refractivity contribution in [2.45, 2.75) is 39.8 Å². The average molecular weight is 276 g/mol. The summed E-state index contributed by atoms with van der Waals surface area (Å²) in [6, 6.07) is 0.177. The third-order valence-electron chi connectivity index (χ3n) is 3.15. The van der Waals surface area contributed by atoms with E-state index in [2.05, 4.69) is 47.4 Å². The van der Waals surface area contributed by atoms with Crippen molar-refractivity contribution in [2.75, 3.05) is 6.54 Å². The highest BCUT2D eigenvalue weighted by molar-refractivity contribution is 5.07. The second kappa shape index (κ2) is 6.65. The number of hydrogen-bond acceptors (Lipinski definition) is 4. The van der Waals surface area contributed by atoms with Crippen molar-refractivity contribution in [1.29, 1.82) is 0 Å². The lowest BCUT2D eigenvalue weighted by molar-refractivity contribution is 0.444. The number of rotatable bonds is 7. The fourth-order valence-electron chi connectivity index (χ4n) is 2.27. The molecule has 110 valence electrons. The zero-order valence-corrected chi connectivity index (χ0v) is 12.7. The number of aromatic nitrogens is 5. The molecule has 0 bridgehead atoms. The Hall–Kier alpha value is -1.69. The van der Waals surface area contributed by atoms with Crippen molar-refractivity contribution in [3.8, 4) is 0 Å². The highest BCUT2D eigenvalue weighted by Gasteiger charge is 2.17. The Morgan fingerprint density at radius 3 is 2.70 bits per heavy atom. The van der Waals surface area contributed by atoms with Gasteiger partial charge >= 0.3 is 0 Å². The third kappa shape index (κ3) is 3.66. The van der Waals surface area contributed by atoms with Crippen LogP contribution in [0.4, 0.5) is 0 Å². The van der Waals surface area contributed by atoms with Crippen LogP contribution in [-0.2, 0) is 20.0 Å². The summed E-state index contributed by atoms with van der Waals surface area (Å²) in [4.78, 5) is 8.85. The molecule has 2 aromatic rings. The second-order valence-electron chi connectivity index (χ2n) is 5.53. The standard InChI is InChI=1S/C14H24N6/c1-5-15-12(13-8-19(4)10-17-13)6-14-16-9-18-20(14)7-11(2)3/h8-12,15H,5-7H2,1-4H3. The molecule has 0 aromatic carbocycles. The summed E-state index contributed by atoms with van der Waals surface area (Å²) >= 11 is 0. The lowest BCUT2D eigenvalue weighted by Crippen LogP contribution is -2.25. The number of imidazole rings is 1. The van der Waals surface area contributed by atoms with E-state index in [-0.39, 0.29) is 6.04 Å². The molecule has 6 nitrogen and oxygen atoms in total. The van der Waals surface area contributed by atoms with Gasteiger partial charge in [-0.1, -0.05) is 20.8 Å². The molecule has 1 atom stereocenters. The van der Waals surface area contributed by atoms with Crippen LogP contribution in [-0.4, -0.2) is 30.9 Å². The lowest BCUT2D eigenvalue weighted by Gasteiger charge is -2.16. The van der Waals surface area contributed by atoms with Crippen LogP contribution in [0.5, 0.6) is 0 Å². The van der Waals surface area contributed by atoms with E-state index in [4.69, 9.17) is 0 Å². The van der Waals surface area contributed by atoms with Gasteiger partial charge in [0.2, 0.25) is 0 Å². The molecule has 6 heteroatoms. The molecule has 0 saturated heterocycles. The predicted octanol–water partition coefficient (Wildman–Crippen LogP) is 1.56. The molecule has 0 aliphatic heterocycles. The molecule has 0 radical (unpaired) electrons. The molecule has 1 N–H and O–H groups in total. The maximum absolute atomic E-state index is 4.45. The van der Waals surface area contributed by atoms with Gasteiger partial charge in [0.25, 0.3) is 0 Å². The smallest absolute Gasteiger partial charge is 0.138 e. The van der Waals surface area contributed by atoms with Crippen LogP contribution in [0.2, 0.25) is 0 Å². The maximum atomic E-state index is 4.45. The van der Waals surface area contributed by atoms with Crippen molar-refractivity contribution in [2.24, 2.45) is 13.0 Å². The van der Waals surface area contributed by atoms with Crippen LogP contribution < -0.4 is 5.32 Å². The topological polar surface area (TPSA) is 60.6 Å². The Morgan fingerprint density at radius 1 is 1.30 bits per heavy atom. The van der Waals surface area contributed by atoms with E-state index in [0.717, 1.165) is 31.0 Å². The minimum atomic E-state index is 0.177. The van der Waals surface area contributed by atoms with Crippen LogP contribution in [0.25, 0.3) is 0 Å². The van der Waals surface area contributed by atoms with Gasteiger partial charge in [-0.15, -0.1) is 0 Å². The molecular weight excluding hydrogens is 252 g/mol. The lowest BCUT2D eigenvalue weighted by atomic mass is 10.1. The van der Waals surface area contributed by atoms with Gasteiger partial charge in [-0.25, -0.2) is 14.6 Å². The molecule has 0 aliphatic carbocycles. The van der Waals surface area contributed by atoms with Crippen LogP contribution in [0, 0.1) is 5.92 Å². The summed E-state index contributed by atoms with van der Waals surface area (Å²) in [6.07, 6.45) is 6.33. The number of hydrogen-bond donors (Lipinski definition) is 1. The van der Waals surface area contributed by atoms with Crippen LogP contribution in [0.1, 0.15) is 38.3 Å². The van der Waals surface area contributed by atoms with Gasteiger partial charge in [0.1, 0.15) is 12.2 Å². The molecule has 2 aromatic heterocycles. The molecular formula is C14H24N6. The number of nitrogens with one attached hydrogen (secondary N) is 1. The van der Waals surface area contributed by atoms with E-state index in [1.54, 1.807) is 6.33 Å². The Bertz CT molecular complexity index is 527. The molecule has 2 heterocycles. The van der Waals surface area contributed by atoms with E-state index in [1.807, 2.05) is 22.6 Å². The Kier molecular flexibility index (Phi) is 4.89. The van der Waals surface area contributed by atoms with Gasteiger partial charge < -0.3 is 9.88 Å². The summed E-state index contributed by atoms with van der Waals surface area (Å²) in [5.74, 6) is 1.57. The SMILES string of the molecule is CCNC(Cc1ncnn1CC(C)C)c1cn(C)cn1. The molecule has 0 amide bonds. The summed E-state index contributed by atoms with van der Waals surface area (Å²) < 4.78 is 3.97. The first kappa shape index (κ1) is 14.7. The van der Waals surface area contributed by atoms with Crippen LogP contribution >= 0.6 is 0 Å². The highest BCUT2D eigenvalue weighted by atomic mass is 15.3. The zero-order valence-electron chi connectivity index (χ0n) is 12.7. The summed E-state index contributed by atoms with van der Waals surface area (Å²) in [5, 5.41) is 7.79. The summed E-state index contributed by atoms with van der Waals surface area (Å²) in [6.45, 7) is 8.28. The van der Waals surface area contributed by atoms with Crippen LogP contribution in [0.15, 0.2) is 18.9 Å². The summed E-state index contributed by atoms with van der Waals surface area (Å²) in [7, 11) is 1.99. The second-order valence-corrected chi connectivity index (χ2v) is 5.53. The normalized spacial score (nSPS) is 13.1. The van der Waals surface area contributed by atoms with E-state index in [1.165, 1.54) is 0 Å². The fourth-order valence-corrected chi connectivity index (χ4v) is 2.27. The fraction of sp³-hybridized carbons (Fsp3) is 0.643. The molecule has 0 aliphatic rings. The van der Waals surface area contributed by atoms with Crippen molar-refractivity contribution in [1.82, 2.24) is 29.6 Å². The highest BCUT2D eigenvalue weighted by Crippen LogP contribution is 2.15. The summed E-state index contributed by atoms with van der Waals surface area (Å²) in [5.41, 5.74) is 1.05. The molecule has 20 heavy (non-hydrogen) atoms. The average Bonchev–Trinajstić information content (AvgIpc) is 2.98. The van der Waals surface area contributed by atoms with Gasteiger partial charge in [-0.3, -0.25) is 0 Å².